The van der Waals surface area contributed by atoms with Crippen LogP contribution in [-0.2, 0) is 21.5 Å². The number of hydrogen-bond donors (Lipinski definition) is 0. The SMILES string of the molecule is CC[C@H](C)N(Cc1ccc(OS(=O)(=O)CC)cc1)C(=O)COc1ccccc1. The summed E-state index contributed by atoms with van der Waals surface area (Å²) >= 11 is 0. The van der Waals surface area contributed by atoms with Crippen LogP contribution in [-0.4, -0.2) is 37.6 Å². The topological polar surface area (TPSA) is 72.9 Å². The number of carbonyl (C=O) groups excluding carboxylic acids is 1. The predicted molar refractivity (Wildman–Crippen MR) is 109 cm³/mol. The molecule has 0 aliphatic rings. The van der Waals surface area contributed by atoms with Gasteiger partial charge in [0, 0.05) is 12.6 Å². The van der Waals surface area contributed by atoms with Crippen molar-refractivity contribution in [2.75, 3.05) is 12.4 Å². The van der Waals surface area contributed by atoms with Crippen LogP contribution in [0.3, 0.4) is 0 Å². The number of hydrogen-bond acceptors (Lipinski definition) is 5. The summed E-state index contributed by atoms with van der Waals surface area (Å²) in [5, 5.41) is 0. The van der Waals surface area contributed by atoms with Crippen LogP contribution in [0.1, 0.15) is 32.8 Å². The van der Waals surface area contributed by atoms with Gasteiger partial charge in [0.25, 0.3) is 5.91 Å². The first-order chi connectivity index (χ1) is 13.3. The molecule has 6 nitrogen and oxygen atoms in total. The Morgan fingerprint density at radius 2 is 1.64 bits per heavy atom. The molecule has 0 spiro atoms. The van der Waals surface area contributed by atoms with Gasteiger partial charge in [-0.05, 0) is 50.1 Å². The first kappa shape index (κ1) is 21.8. The van der Waals surface area contributed by atoms with Crippen molar-refractivity contribution < 1.29 is 22.1 Å². The molecule has 0 heterocycles. The minimum atomic E-state index is -3.55. The minimum Gasteiger partial charge on any atom is -0.484 e. The maximum atomic E-state index is 12.7. The molecule has 0 aromatic heterocycles. The maximum Gasteiger partial charge on any atom is 0.308 e. The van der Waals surface area contributed by atoms with E-state index in [4.69, 9.17) is 8.92 Å². The van der Waals surface area contributed by atoms with Gasteiger partial charge in [-0.15, -0.1) is 0 Å². The van der Waals surface area contributed by atoms with Crippen molar-refractivity contribution in [2.24, 2.45) is 0 Å². The third-order valence-electron chi connectivity index (χ3n) is 4.40. The molecule has 1 amide bonds. The van der Waals surface area contributed by atoms with E-state index in [1.807, 2.05) is 44.2 Å². The van der Waals surface area contributed by atoms with E-state index in [1.54, 1.807) is 29.2 Å². The molecule has 0 saturated heterocycles. The molecule has 0 unspecified atom stereocenters. The van der Waals surface area contributed by atoms with Crippen molar-refractivity contribution in [3.05, 3.63) is 60.2 Å². The van der Waals surface area contributed by atoms with Crippen molar-refractivity contribution in [3.63, 3.8) is 0 Å². The zero-order valence-corrected chi connectivity index (χ0v) is 17.3. The highest BCUT2D eigenvalue weighted by Gasteiger charge is 2.20. The molecule has 0 bridgehead atoms. The van der Waals surface area contributed by atoms with Gasteiger partial charge < -0.3 is 13.8 Å². The van der Waals surface area contributed by atoms with Gasteiger partial charge in [-0.3, -0.25) is 4.79 Å². The van der Waals surface area contributed by atoms with Gasteiger partial charge in [0.2, 0.25) is 0 Å². The summed E-state index contributed by atoms with van der Waals surface area (Å²) < 4.78 is 33.7. The monoisotopic (exact) mass is 405 g/mol. The lowest BCUT2D eigenvalue weighted by atomic mass is 10.1. The van der Waals surface area contributed by atoms with Gasteiger partial charge in [-0.1, -0.05) is 37.3 Å². The third kappa shape index (κ3) is 6.56. The molecule has 2 rings (SSSR count). The molecule has 28 heavy (non-hydrogen) atoms. The summed E-state index contributed by atoms with van der Waals surface area (Å²) in [4.78, 5) is 14.5. The van der Waals surface area contributed by atoms with Crippen LogP contribution in [0.25, 0.3) is 0 Å². The highest BCUT2D eigenvalue weighted by molar-refractivity contribution is 7.87. The van der Waals surface area contributed by atoms with E-state index in [-0.39, 0.29) is 30.1 Å². The average Bonchev–Trinajstić information content (AvgIpc) is 2.71. The first-order valence-corrected chi connectivity index (χ1v) is 10.9. The maximum absolute atomic E-state index is 12.7. The Bertz CT molecular complexity index is 850. The van der Waals surface area contributed by atoms with E-state index in [0.717, 1.165) is 12.0 Å². The van der Waals surface area contributed by atoms with Crippen LogP contribution in [0.2, 0.25) is 0 Å². The molecule has 2 aromatic carbocycles. The lowest BCUT2D eigenvalue weighted by Gasteiger charge is -2.29. The van der Waals surface area contributed by atoms with Crippen LogP contribution in [0.4, 0.5) is 0 Å². The van der Waals surface area contributed by atoms with Crippen molar-refractivity contribution in [1.29, 1.82) is 0 Å². The van der Waals surface area contributed by atoms with Gasteiger partial charge >= 0.3 is 10.1 Å². The molecule has 0 N–H and O–H groups in total. The largest absolute Gasteiger partial charge is 0.484 e. The standard InChI is InChI=1S/C21H27NO5S/c1-4-17(3)22(21(23)16-26-19-9-7-6-8-10-19)15-18-11-13-20(14-12-18)27-28(24,25)5-2/h6-14,17H,4-5,15-16H2,1-3H3/t17-/m0/s1. The van der Waals surface area contributed by atoms with Gasteiger partial charge in [-0.25, -0.2) is 0 Å². The highest BCUT2D eigenvalue weighted by Crippen LogP contribution is 2.18. The quantitative estimate of drug-likeness (QED) is 0.565. The zero-order chi connectivity index (χ0) is 20.6. The Kier molecular flexibility index (Phi) is 7.87. The first-order valence-electron chi connectivity index (χ1n) is 9.33. The molecule has 152 valence electrons. The number of nitrogens with zero attached hydrogens (tertiary/aromatic N) is 1. The molecule has 0 saturated carbocycles. The van der Waals surface area contributed by atoms with Gasteiger partial charge in [0.05, 0.1) is 5.75 Å². The van der Waals surface area contributed by atoms with Crippen molar-refractivity contribution >= 4 is 16.0 Å². The van der Waals surface area contributed by atoms with Gasteiger partial charge in [0.15, 0.2) is 6.61 Å². The number of benzene rings is 2. The van der Waals surface area contributed by atoms with Crippen LogP contribution in [0, 0.1) is 0 Å². The number of ether oxygens (including phenoxy) is 1. The number of rotatable bonds is 10. The van der Waals surface area contributed by atoms with Crippen molar-refractivity contribution in [3.8, 4) is 11.5 Å². The summed E-state index contributed by atoms with van der Waals surface area (Å²) in [7, 11) is -3.55. The van der Waals surface area contributed by atoms with Crippen molar-refractivity contribution in [1.82, 2.24) is 4.90 Å². The molecule has 0 fully saturated rings. The second-order valence-corrected chi connectivity index (χ2v) is 8.31. The summed E-state index contributed by atoms with van der Waals surface area (Å²) in [5.41, 5.74) is 0.884. The Hall–Kier alpha value is -2.54. The number of para-hydroxylation sites is 1. The molecule has 7 heteroatoms. The Morgan fingerprint density at radius 1 is 1.00 bits per heavy atom. The Balaban J connectivity index is 2.04. The molecule has 0 aliphatic heterocycles. The summed E-state index contributed by atoms with van der Waals surface area (Å²) in [6.45, 7) is 5.91. The normalized spacial score (nSPS) is 12.2. The van der Waals surface area contributed by atoms with Crippen LogP contribution in [0.15, 0.2) is 54.6 Å². The van der Waals surface area contributed by atoms with Crippen molar-refractivity contribution in [2.45, 2.75) is 39.8 Å². The summed E-state index contributed by atoms with van der Waals surface area (Å²) in [5.74, 6) is 0.719. The second kappa shape index (κ2) is 10.1. The predicted octanol–water partition coefficient (Wildman–Crippen LogP) is 3.62. The fourth-order valence-electron chi connectivity index (χ4n) is 2.51. The van der Waals surface area contributed by atoms with E-state index in [2.05, 4.69) is 0 Å². The van der Waals surface area contributed by atoms with Crippen LogP contribution >= 0.6 is 0 Å². The number of carbonyl (C=O) groups is 1. The van der Waals surface area contributed by atoms with Crippen LogP contribution < -0.4 is 8.92 Å². The number of amides is 1. The van der Waals surface area contributed by atoms with Gasteiger partial charge in [0.1, 0.15) is 11.5 Å². The molecular weight excluding hydrogens is 378 g/mol. The minimum absolute atomic E-state index is 0.0374. The fraction of sp³-hybridized carbons (Fsp3) is 0.381. The molecular formula is C21H27NO5S. The zero-order valence-electron chi connectivity index (χ0n) is 16.5. The fourth-order valence-corrected chi connectivity index (χ4v) is 3.03. The molecule has 0 aliphatic carbocycles. The lowest BCUT2D eigenvalue weighted by molar-refractivity contribution is -0.136. The molecule has 2 aromatic rings. The van der Waals surface area contributed by atoms with E-state index < -0.39 is 10.1 Å². The lowest BCUT2D eigenvalue weighted by Crippen LogP contribution is -2.40. The van der Waals surface area contributed by atoms with E-state index in [9.17, 15) is 13.2 Å². The third-order valence-corrected chi connectivity index (χ3v) is 5.56. The Morgan fingerprint density at radius 3 is 2.21 bits per heavy atom. The van der Waals surface area contributed by atoms with Gasteiger partial charge in [-0.2, -0.15) is 8.42 Å². The van der Waals surface area contributed by atoms with E-state index in [1.165, 1.54) is 6.92 Å². The highest BCUT2D eigenvalue weighted by atomic mass is 32.2. The molecule has 0 radical (unpaired) electrons. The smallest absolute Gasteiger partial charge is 0.308 e. The van der Waals surface area contributed by atoms with E-state index in [0.29, 0.717) is 12.3 Å². The average molecular weight is 406 g/mol. The summed E-state index contributed by atoms with van der Waals surface area (Å²) in [6.07, 6.45) is 0.813. The second-order valence-electron chi connectivity index (χ2n) is 6.45. The summed E-state index contributed by atoms with van der Waals surface area (Å²) in [6, 6.07) is 16.0. The Labute approximate surface area is 167 Å². The van der Waals surface area contributed by atoms with E-state index >= 15 is 0 Å². The molecule has 1 atom stereocenters. The van der Waals surface area contributed by atoms with Crippen LogP contribution in [0.5, 0.6) is 11.5 Å².